The average Bonchev–Trinajstić information content (AvgIpc) is 2.32. The van der Waals surface area contributed by atoms with Crippen LogP contribution < -0.4 is 0 Å². The van der Waals surface area contributed by atoms with Crippen molar-refractivity contribution in [2.75, 3.05) is 0 Å². The third-order valence-corrected chi connectivity index (χ3v) is 1.50. The second kappa shape index (κ2) is 2.43. The number of rotatable bonds is 0. The zero-order chi connectivity index (χ0) is 8.48. The monoisotopic (exact) mass is 148 g/mol. The molecule has 0 unspecified atom stereocenters. The summed E-state index contributed by atoms with van der Waals surface area (Å²) < 4.78 is 0. The first-order valence-electron chi connectivity index (χ1n) is 3.56. The third kappa shape index (κ3) is 1.62. The predicted octanol–water partition coefficient (Wildman–Crippen LogP) is 1.69. The van der Waals surface area contributed by atoms with E-state index in [1.807, 2.05) is 6.07 Å². The van der Waals surface area contributed by atoms with E-state index in [1.165, 1.54) is 0 Å². The van der Waals surface area contributed by atoms with Crippen LogP contribution in [0.3, 0.4) is 0 Å². The Kier molecular flexibility index (Phi) is 1.74. The lowest BCUT2D eigenvalue weighted by Crippen LogP contribution is -2.11. The molecule has 58 valence electrons. The van der Waals surface area contributed by atoms with E-state index in [1.54, 1.807) is 0 Å². The zero-order valence-electron chi connectivity index (χ0n) is 7.10. The molecule has 0 aliphatic carbocycles. The van der Waals surface area contributed by atoms with Crippen LogP contribution >= 0.6 is 0 Å². The molecule has 0 radical (unpaired) electrons. The number of aromatic amines is 1. The minimum atomic E-state index is 0.0750. The molecule has 0 atom stereocenters. The van der Waals surface area contributed by atoms with Gasteiger partial charge in [-0.05, 0) is 6.07 Å². The maximum Gasteiger partial charge on any atom is 0.107 e. The van der Waals surface area contributed by atoms with Crippen molar-refractivity contribution in [1.29, 1.82) is 0 Å². The molecule has 0 bridgehead atoms. The van der Waals surface area contributed by atoms with Crippen LogP contribution in [0.4, 0.5) is 0 Å². The minimum absolute atomic E-state index is 0.0750. The molecule has 11 heavy (non-hydrogen) atoms. The molecule has 0 saturated heterocycles. The molecule has 0 aromatic carbocycles. The van der Waals surface area contributed by atoms with Gasteiger partial charge in [0.05, 0.1) is 5.69 Å². The highest BCUT2D eigenvalue weighted by atomic mass is 15.1. The molecule has 0 aliphatic heterocycles. The molecule has 1 rings (SSSR count). The summed E-state index contributed by atoms with van der Waals surface area (Å²) >= 11 is 0. The first-order valence-corrected chi connectivity index (χ1v) is 3.56. The maximum absolute atomic E-state index is 5.19. The van der Waals surface area contributed by atoms with Gasteiger partial charge in [-0.15, -0.1) is 6.42 Å². The van der Waals surface area contributed by atoms with Crippen LogP contribution in [0.1, 0.15) is 32.2 Å². The van der Waals surface area contributed by atoms with Gasteiger partial charge in [-0.1, -0.05) is 26.7 Å². The molecule has 1 aromatic heterocycles. The highest BCUT2D eigenvalue weighted by Crippen LogP contribution is 2.19. The van der Waals surface area contributed by atoms with Crippen LogP contribution in [0.25, 0.3) is 0 Å². The van der Waals surface area contributed by atoms with E-state index >= 15 is 0 Å². The van der Waals surface area contributed by atoms with Crippen LogP contribution in [-0.4, -0.2) is 10.2 Å². The van der Waals surface area contributed by atoms with Gasteiger partial charge in [0, 0.05) is 5.41 Å². The Morgan fingerprint density at radius 1 is 1.55 bits per heavy atom. The van der Waals surface area contributed by atoms with Crippen LogP contribution in [0, 0.1) is 12.3 Å². The number of terminal acetylenes is 1. The largest absolute Gasteiger partial charge is 0.270 e. The second-order valence-corrected chi connectivity index (χ2v) is 3.56. The zero-order valence-corrected chi connectivity index (χ0v) is 7.10. The van der Waals surface area contributed by atoms with Gasteiger partial charge in [0.2, 0.25) is 0 Å². The molecular formula is C9H12N2. The molecule has 1 aromatic rings. The standard InChI is InChI=1S/C9H12N2/c1-5-7-6-8(11-10-7)9(2,3)4/h1,6H,2-4H3,(H,10,11). The second-order valence-electron chi connectivity index (χ2n) is 3.56. The van der Waals surface area contributed by atoms with E-state index in [4.69, 9.17) is 6.42 Å². The van der Waals surface area contributed by atoms with Gasteiger partial charge in [0.1, 0.15) is 5.69 Å². The van der Waals surface area contributed by atoms with Gasteiger partial charge in [-0.2, -0.15) is 5.10 Å². The molecular weight excluding hydrogens is 136 g/mol. The van der Waals surface area contributed by atoms with Gasteiger partial charge in [-0.3, -0.25) is 5.10 Å². The van der Waals surface area contributed by atoms with Crippen molar-refractivity contribution < 1.29 is 0 Å². The summed E-state index contributed by atoms with van der Waals surface area (Å²) in [5.41, 5.74) is 1.83. The quantitative estimate of drug-likeness (QED) is 0.557. The highest BCUT2D eigenvalue weighted by Gasteiger charge is 2.16. The predicted molar refractivity (Wildman–Crippen MR) is 45.2 cm³/mol. The number of hydrogen-bond acceptors (Lipinski definition) is 1. The van der Waals surface area contributed by atoms with Crippen molar-refractivity contribution in [3.63, 3.8) is 0 Å². The molecule has 1 N–H and O–H groups in total. The molecule has 1 heterocycles. The SMILES string of the molecule is C#Cc1cc(C(C)(C)C)n[nH]1. The van der Waals surface area contributed by atoms with Crippen LogP contribution in [0.5, 0.6) is 0 Å². The van der Waals surface area contributed by atoms with Crippen molar-refractivity contribution in [3.05, 3.63) is 17.5 Å². The summed E-state index contributed by atoms with van der Waals surface area (Å²) in [5.74, 6) is 2.50. The fourth-order valence-electron chi connectivity index (χ4n) is 0.780. The topological polar surface area (TPSA) is 28.7 Å². The first-order chi connectivity index (χ1) is 5.04. The van der Waals surface area contributed by atoms with Gasteiger partial charge >= 0.3 is 0 Å². The molecule has 0 fully saturated rings. The summed E-state index contributed by atoms with van der Waals surface area (Å²) in [5, 5.41) is 6.87. The summed E-state index contributed by atoms with van der Waals surface area (Å²) in [6, 6.07) is 1.90. The van der Waals surface area contributed by atoms with Gasteiger partial charge in [0.25, 0.3) is 0 Å². The highest BCUT2D eigenvalue weighted by molar-refractivity contribution is 5.27. The molecule has 0 spiro atoms. The van der Waals surface area contributed by atoms with Crippen LogP contribution in [0.2, 0.25) is 0 Å². The molecule has 0 aliphatic rings. The Labute approximate surface area is 67.0 Å². The molecule has 0 saturated carbocycles. The van der Waals surface area contributed by atoms with Gasteiger partial charge < -0.3 is 0 Å². The van der Waals surface area contributed by atoms with Crippen molar-refractivity contribution in [3.8, 4) is 12.3 Å². The molecule has 2 heteroatoms. The summed E-state index contributed by atoms with van der Waals surface area (Å²) in [6.07, 6.45) is 5.19. The lowest BCUT2D eigenvalue weighted by molar-refractivity contribution is 0.567. The summed E-state index contributed by atoms with van der Waals surface area (Å²) in [6.45, 7) is 6.30. The van der Waals surface area contributed by atoms with E-state index in [-0.39, 0.29) is 5.41 Å². The van der Waals surface area contributed by atoms with Crippen molar-refractivity contribution in [1.82, 2.24) is 10.2 Å². The first kappa shape index (κ1) is 7.87. The number of hydrogen-bond donors (Lipinski definition) is 1. The fourth-order valence-corrected chi connectivity index (χ4v) is 0.780. The van der Waals surface area contributed by atoms with E-state index in [9.17, 15) is 0 Å². The number of H-pyrrole nitrogens is 1. The molecule has 0 amide bonds. The minimum Gasteiger partial charge on any atom is -0.270 e. The average molecular weight is 148 g/mol. The van der Waals surface area contributed by atoms with Crippen molar-refractivity contribution in [2.45, 2.75) is 26.2 Å². The number of nitrogens with zero attached hydrogens (tertiary/aromatic N) is 1. The number of nitrogens with one attached hydrogen (secondary N) is 1. The van der Waals surface area contributed by atoms with Crippen LogP contribution in [0.15, 0.2) is 6.07 Å². The van der Waals surface area contributed by atoms with Gasteiger partial charge in [-0.25, -0.2) is 0 Å². The lowest BCUT2D eigenvalue weighted by Gasteiger charge is -2.13. The Morgan fingerprint density at radius 2 is 2.18 bits per heavy atom. The molecule has 2 nitrogen and oxygen atoms in total. The van der Waals surface area contributed by atoms with Gasteiger partial charge in [0.15, 0.2) is 0 Å². The number of aromatic nitrogens is 2. The van der Waals surface area contributed by atoms with E-state index in [2.05, 4.69) is 36.9 Å². The van der Waals surface area contributed by atoms with E-state index in [0.717, 1.165) is 11.4 Å². The maximum atomic E-state index is 5.19. The van der Waals surface area contributed by atoms with Crippen molar-refractivity contribution in [2.24, 2.45) is 0 Å². The Morgan fingerprint density at radius 3 is 2.45 bits per heavy atom. The Bertz CT molecular complexity index is 283. The van der Waals surface area contributed by atoms with E-state index < -0.39 is 0 Å². The van der Waals surface area contributed by atoms with Crippen LogP contribution in [-0.2, 0) is 5.41 Å². The summed E-state index contributed by atoms with van der Waals surface area (Å²) in [7, 11) is 0. The summed E-state index contributed by atoms with van der Waals surface area (Å²) in [4.78, 5) is 0. The Hall–Kier alpha value is -1.23. The van der Waals surface area contributed by atoms with E-state index in [0.29, 0.717) is 0 Å². The normalized spacial score (nSPS) is 11.1. The smallest absolute Gasteiger partial charge is 0.107 e. The van der Waals surface area contributed by atoms with Crippen molar-refractivity contribution >= 4 is 0 Å². The third-order valence-electron chi connectivity index (χ3n) is 1.50. The Balaban J connectivity index is 3.01. The lowest BCUT2D eigenvalue weighted by atomic mass is 9.92. The fraction of sp³-hybridized carbons (Fsp3) is 0.444.